The minimum atomic E-state index is -1.05. The molecule has 0 bridgehead atoms. The zero-order valence-electron chi connectivity index (χ0n) is 12.1. The molecule has 1 atom stereocenters. The van der Waals surface area contributed by atoms with Crippen molar-refractivity contribution >= 4 is 29.2 Å². The van der Waals surface area contributed by atoms with Gasteiger partial charge in [0.15, 0.2) is 0 Å². The van der Waals surface area contributed by atoms with Crippen LogP contribution in [-0.2, 0) is 16.0 Å². The molecule has 0 aromatic heterocycles. The molecule has 0 spiro atoms. The van der Waals surface area contributed by atoms with E-state index in [4.69, 9.17) is 11.6 Å². The fraction of sp³-hybridized carbons (Fsp3) is 0.176. The molecule has 6 heteroatoms. The third kappa shape index (κ3) is 5.38. The predicted molar refractivity (Wildman–Crippen MR) is 85.9 cm³/mol. The second kappa shape index (κ2) is 7.74. The van der Waals surface area contributed by atoms with E-state index < -0.39 is 23.6 Å². The van der Waals surface area contributed by atoms with Crippen LogP contribution in [0, 0.1) is 11.7 Å². The van der Waals surface area contributed by atoms with Crippen LogP contribution < -0.4 is 5.32 Å². The standard InChI is InChI=1S/C17H15ClFNO3/c18-13-3-1-11(2-4-13)9-12(17(22)23)10-16(21)20-15-7-5-14(19)6-8-15/h1-8,12H,9-10H2,(H,20,21)(H,22,23). The molecule has 2 aromatic rings. The summed E-state index contributed by atoms with van der Waals surface area (Å²) in [6.07, 6.45) is 0.0542. The van der Waals surface area contributed by atoms with Crippen molar-refractivity contribution < 1.29 is 19.1 Å². The van der Waals surface area contributed by atoms with E-state index in [1.54, 1.807) is 24.3 Å². The number of hydrogen-bond donors (Lipinski definition) is 2. The quantitative estimate of drug-likeness (QED) is 0.844. The molecule has 2 N–H and O–H groups in total. The second-order valence-corrected chi connectivity index (χ2v) is 5.56. The minimum Gasteiger partial charge on any atom is -0.481 e. The predicted octanol–water partition coefficient (Wildman–Crippen LogP) is 3.75. The Labute approximate surface area is 137 Å². The SMILES string of the molecule is O=C(CC(Cc1ccc(Cl)cc1)C(=O)O)Nc1ccc(F)cc1. The first-order chi connectivity index (χ1) is 10.9. The van der Waals surface area contributed by atoms with E-state index in [1.165, 1.54) is 24.3 Å². The van der Waals surface area contributed by atoms with Crippen LogP contribution in [0.25, 0.3) is 0 Å². The van der Waals surface area contributed by atoms with Crippen molar-refractivity contribution in [2.45, 2.75) is 12.8 Å². The van der Waals surface area contributed by atoms with Crippen LogP contribution in [0.15, 0.2) is 48.5 Å². The van der Waals surface area contributed by atoms with Gasteiger partial charge in [-0.25, -0.2) is 4.39 Å². The largest absolute Gasteiger partial charge is 0.481 e. The molecule has 23 heavy (non-hydrogen) atoms. The van der Waals surface area contributed by atoms with Gasteiger partial charge in [0.25, 0.3) is 0 Å². The summed E-state index contributed by atoms with van der Waals surface area (Å²) in [7, 11) is 0. The average molecular weight is 336 g/mol. The van der Waals surface area contributed by atoms with Gasteiger partial charge in [-0.1, -0.05) is 23.7 Å². The van der Waals surface area contributed by atoms with Gasteiger partial charge in [-0.15, -0.1) is 0 Å². The van der Waals surface area contributed by atoms with Gasteiger partial charge in [0.05, 0.1) is 5.92 Å². The Bertz CT molecular complexity index is 686. The van der Waals surface area contributed by atoms with Crippen LogP contribution in [0.1, 0.15) is 12.0 Å². The number of amides is 1. The van der Waals surface area contributed by atoms with Crippen LogP contribution >= 0.6 is 11.6 Å². The first-order valence-electron chi connectivity index (χ1n) is 6.96. The van der Waals surface area contributed by atoms with Crippen LogP contribution in [-0.4, -0.2) is 17.0 Å². The van der Waals surface area contributed by atoms with E-state index in [2.05, 4.69) is 5.32 Å². The molecule has 0 heterocycles. The Morgan fingerprint density at radius 3 is 2.26 bits per heavy atom. The van der Waals surface area contributed by atoms with E-state index >= 15 is 0 Å². The molecule has 2 aromatic carbocycles. The number of carboxylic acid groups (broad SMARTS) is 1. The minimum absolute atomic E-state index is 0.171. The smallest absolute Gasteiger partial charge is 0.307 e. The summed E-state index contributed by atoms with van der Waals surface area (Å²) < 4.78 is 12.8. The third-order valence-electron chi connectivity index (χ3n) is 3.30. The highest BCUT2D eigenvalue weighted by Crippen LogP contribution is 2.17. The van der Waals surface area contributed by atoms with Gasteiger partial charge in [0.1, 0.15) is 5.82 Å². The van der Waals surface area contributed by atoms with Crippen LogP contribution in [0.5, 0.6) is 0 Å². The molecule has 2 rings (SSSR count). The van der Waals surface area contributed by atoms with Crippen molar-refractivity contribution in [3.8, 4) is 0 Å². The Kier molecular flexibility index (Phi) is 5.71. The topological polar surface area (TPSA) is 66.4 Å². The van der Waals surface area contributed by atoms with Crippen molar-refractivity contribution in [3.05, 3.63) is 64.9 Å². The maximum Gasteiger partial charge on any atom is 0.307 e. The zero-order chi connectivity index (χ0) is 16.8. The van der Waals surface area contributed by atoms with Gasteiger partial charge >= 0.3 is 5.97 Å². The van der Waals surface area contributed by atoms with Crippen molar-refractivity contribution in [2.75, 3.05) is 5.32 Å². The summed E-state index contributed by atoms with van der Waals surface area (Å²) in [5.41, 5.74) is 1.21. The zero-order valence-corrected chi connectivity index (χ0v) is 12.9. The normalized spacial score (nSPS) is 11.7. The number of nitrogens with one attached hydrogen (secondary N) is 1. The van der Waals surface area contributed by atoms with Crippen LogP contribution in [0.2, 0.25) is 5.02 Å². The fourth-order valence-corrected chi connectivity index (χ4v) is 2.25. The van der Waals surface area contributed by atoms with Gasteiger partial charge in [-0.05, 0) is 48.4 Å². The summed E-state index contributed by atoms with van der Waals surface area (Å²) in [5, 5.41) is 12.4. The number of halogens is 2. The second-order valence-electron chi connectivity index (χ2n) is 5.12. The summed E-state index contributed by atoms with van der Waals surface area (Å²) in [5.74, 6) is -2.74. The van der Waals surface area contributed by atoms with E-state index in [9.17, 15) is 19.1 Å². The molecule has 120 valence electrons. The number of carbonyl (C=O) groups is 2. The molecular formula is C17H15ClFNO3. The Hall–Kier alpha value is -2.40. The van der Waals surface area contributed by atoms with Gasteiger partial charge in [0, 0.05) is 17.1 Å². The van der Waals surface area contributed by atoms with Crippen molar-refractivity contribution in [1.29, 1.82) is 0 Å². The molecule has 0 aliphatic rings. The van der Waals surface area contributed by atoms with Gasteiger partial charge in [-0.2, -0.15) is 0 Å². The van der Waals surface area contributed by atoms with Crippen LogP contribution in [0.4, 0.5) is 10.1 Å². The number of hydrogen-bond acceptors (Lipinski definition) is 2. The summed E-state index contributed by atoms with van der Waals surface area (Å²) in [6, 6.07) is 12.1. The molecule has 0 radical (unpaired) electrons. The lowest BCUT2D eigenvalue weighted by Crippen LogP contribution is -2.24. The highest BCUT2D eigenvalue weighted by Gasteiger charge is 2.21. The summed E-state index contributed by atoms with van der Waals surface area (Å²) in [4.78, 5) is 23.3. The Morgan fingerprint density at radius 2 is 1.70 bits per heavy atom. The van der Waals surface area contributed by atoms with E-state index in [1.807, 2.05) is 0 Å². The molecular weight excluding hydrogens is 321 g/mol. The number of carboxylic acids is 1. The van der Waals surface area contributed by atoms with E-state index in [0.29, 0.717) is 10.7 Å². The monoisotopic (exact) mass is 335 g/mol. The van der Waals surface area contributed by atoms with Crippen molar-refractivity contribution in [1.82, 2.24) is 0 Å². The molecule has 1 unspecified atom stereocenters. The number of aliphatic carboxylic acids is 1. The van der Waals surface area contributed by atoms with Crippen molar-refractivity contribution in [3.63, 3.8) is 0 Å². The lowest BCUT2D eigenvalue weighted by atomic mass is 9.96. The summed E-state index contributed by atoms with van der Waals surface area (Å²) >= 11 is 5.79. The molecule has 0 aliphatic heterocycles. The molecule has 0 aliphatic carbocycles. The van der Waals surface area contributed by atoms with Gasteiger partial charge in [-0.3, -0.25) is 9.59 Å². The van der Waals surface area contributed by atoms with E-state index in [-0.39, 0.29) is 12.8 Å². The average Bonchev–Trinajstić information content (AvgIpc) is 2.51. The highest BCUT2D eigenvalue weighted by atomic mass is 35.5. The maximum atomic E-state index is 12.8. The fourth-order valence-electron chi connectivity index (χ4n) is 2.12. The molecule has 0 saturated carbocycles. The molecule has 4 nitrogen and oxygen atoms in total. The van der Waals surface area contributed by atoms with Gasteiger partial charge in [0.2, 0.25) is 5.91 Å². The maximum absolute atomic E-state index is 12.8. The molecule has 0 fully saturated rings. The third-order valence-corrected chi connectivity index (χ3v) is 3.56. The lowest BCUT2D eigenvalue weighted by Gasteiger charge is -2.13. The lowest BCUT2D eigenvalue weighted by molar-refractivity contribution is -0.143. The van der Waals surface area contributed by atoms with Crippen molar-refractivity contribution in [2.24, 2.45) is 5.92 Å². The number of benzene rings is 2. The molecule has 1 amide bonds. The first-order valence-corrected chi connectivity index (χ1v) is 7.34. The number of anilines is 1. The summed E-state index contributed by atoms with van der Waals surface area (Å²) in [6.45, 7) is 0. The first kappa shape index (κ1) is 17.0. The Balaban J connectivity index is 1.98. The Morgan fingerprint density at radius 1 is 1.09 bits per heavy atom. The van der Waals surface area contributed by atoms with E-state index in [0.717, 1.165) is 5.56 Å². The molecule has 0 saturated heterocycles. The van der Waals surface area contributed by atoms with Crippen LogP contribution in [0.3, 0.4) is 0 Å². The number of rotatable bonds is 6. The number of carbonyl (C=O) groups excluding carboxylic acids is 1. The highest BCUT2D eigenvalue weighted by molar-refractivity contribution is 6.30. The van der Waals surface area contributed by atoms with Gasteiger partial charge < -0.3 is 10.4 Å².